The quantitative estimate of drug-likeness (QED) is 0.234. The summed E-state index contributed by atoms with van der Waals surface area (Å²) in [5, 5.41) is 8.96. The number of rotatable bonds is 4. The first-order valence-corrected chi connectivity index (χ1v) is 14.4. The lowest BCUT2D eigenvalue weighted by atomic mass is 9.98. The number of nitrogens with one attached hydrogen (secondary N) is 1. The zero-order valence-corrected chi connectivity index (χ0v) is 23.1. The average Bonchev–Trinajstić information content (AvgIpc) is 3.63. The Kier molecular flexibility index (Phi) is 5.19. The maximum atomic E-state index is 6.19. The number of hydrogen-bond donors (Lipinski definition) is 1. The van der Waals surface area contributed by atoms with Crippen LogP contribution in [-0.4, -0.2) is 11.5 Å². The van der Waals surface area contributed by atoms with Crippen molar-refractivity contribution in [3.63, 3.8) is 0 Å². The van der Waals surface area contributed by atoms with Crippen LogP contribution in [0.2, 0.25) is 0 Å². The Balaban J connectivity index is 1.21. The molecule has 0 saturated carbocycles. The van der Waals surface area contributed by atoms with Gasteiger partial charge in [0, 0.05) is 57.6 Å². The molecule has 8 aromatic rings. The lowest BCUT2D eigenvalue weighted by molar-refractivity contribution is 0.628. The predicted octanol–water partition coefficient (Wildman–Crippen LogP) is 10.5. The Labute approximate surface area is 247 Å². The van der Waals surface area contributed by atoms with Gasteiger partial charge in [0.1, 0.15) is 11.2 Å². The zero-order valence-electron chi connectivity index (χ0n) is 23.1. The van der Waals surface area contributed by atoms with Crippen LogP contribution in [0.4, 0.5) is 22.9 Å². The second kappa shape index (κ2) is 9.36. The van der Waals surface area contributed by atoms with E-state index in [2.05, 4.69) is 137 Å². The molecule has 0 atom stereocenters. The summed E-state index contributed by atoms with van der Waals surface area (Å²) in [4.78, 5) is 6.71. The van der Waals surface area contributed by atoms with E-state index >= 15 is 0 Å². The molecule has 5 nitrogen and oxygen atoms in total. The topological polar surface area (TPSA) is 54.4 Å². The molecule has 0 amide bonds. The van der Waals surface area contributed by atoms with Crippen LogP contribution in [0.15, 0.2) is 136 Å². The molecule has 4 heterocycles. The molecule has 0 radical (unpaired) electrons. The minimum Gasteiger partial charge on any atom is -0.440 e. The van der Waals surface area contributed by atoms with Gasteiger partial charge in [0.2, 0.25) is 11.6 Å². The first-order chi connectivity index (χ1) is 21.3. The molecule has 0 aliphatic carbocycles. The number of fused-ring (bicyclic) bond motifs is 7. The fraction of sp³-hybridized carbons (Fsp3) is 0.0263. The predicted molar refractivity (Wildman–Crippen MR) is 176 cm³/mol. The third-order valence-corrected chi connectivity index (χ3v) is 8.35. The molecular weight excluding hydrogens is 530 g/mol. The van der Waals surface area contributed by atoms with Gasteiger partial charge in [0.15, 0.2) is 0 Å². The van der Waals surface area contributed by atoms with Gasteiger partial charge in [0.05, 0.1) is 0 Å². The summed E-state index contributed by atoms with van der Waals surface area (Å²) in [5.41, 5.74) is 8.85. The van der Waals surface area contributed by atoms with E-state index in [1.54, 1.807) is 6.20 Å². The second-order valence-corrected chi connectivity index (χ2v) is 10.9. The molecule has 0 fully saturated rings. The summed E-state index contributed by atoms with van der Waals surface area (Å²) in [5.74, 6) is 0.817. The molecule has 5 aromatic carbocycles. The van der Waals surface area contributed by atoms with Crippen LogP contribution < -0.4 is 10.2 Å². The lowest BCUT2D eigenvalue weighted by Gasteiger charge is -2.26. The SMILES string of the molecule is C1=Cc2c(oc3ccc(N(c4ccc(-c5cccc6ccccc56)cc4)c4ccc5c(c4)oc4ncccc45)cc23)NC1. The van der Waals surface area contributed by atoms with Crippen molar-refractivity contribution in [2.45, 2.75) is 0 Å². The molecule has 5 heteroatoms. The van der Waals surface area contributed by atoms with Crippen molar-refractivity contribution in [2.75, 3.05) is 16.8 Å². The van der Waals surface area contributed by atoms with Crippen LogP contribution in [0.5, 0.6) is 0 Å². The van der Waals surface area contributed by atoms with E-state index in [1.807, 2.05) is 6.07 Å². The smallest absolute Gasteiger partial charge is 0.227 e. The van der Waals surface area contributed by atoms with E-state index in [4.69, 9.17) is 8.83 Å². The molecule has 0 bridgehead atoms. The number of hydrogen-bond acceptors (Lipinski definition) is 5. The first-order valence-electron chi connectivity index (χ1n) is 14.4. The Hall–Kier alpha value is -5.81. The van der Waals surface area contributed by atoms with Crippen LogP contribution in [-0.2, 0) is 0 Å². The van der Waals surface area contributed by atoms with Crippen molar-refractivity contribution >= 4 is 72.8 Å². The first kappa shape index (κ1) is 23.9. The molecule has 1 aliphatic rings. The lowest BCUT2D eigenvalue weighted by Crippen LogP contribution is -2.09. The van der Waals surface area contributed by atoms with E-state index in [1.165, 1.54) is 21.9 Å². The van der Waals surface area contributed by atoms with E-state index in [0.717, 1.165) is 62.4 Å². The molecule has 1 aliphatic heterocycles. The molecule has 1 N–H and O–H groups in total. The van der Waals surface area contributed by atoms with Crippen LogP contribution in [0.1, 0.15) is 5.56 Å². The normalized spacial score (nSPS) is 12.7. The molecule has 3 aromatic heterocycles. The fourth-order valence-corrected chi connectivity index (χ4v) is 6.32. The van der Waals surface area contributed by atoms with Crippen LogP contribution in [0, 0.1) is 0 Å². The number of benzene rings is 5. The highest BCUT2D eigenvalue weighted by molar-refractivity contribution is 6.05. The summed E-state index contributed by atoms with van der Waals surface area (Å²) in [7, 11) is 0. The van der Waals surface area contributed by atoms with Crippen LogP contribution >= 0.6 is 0 Å². The highest BCUT2D eigenvalue weighted by Gasteiger charge is 2.20. The van der Waals surface area contributed by atoms with Gasteiger partial charge >= 0.3 is 0 Å². The highest BCUT2D eigenvalue weighted by atomic mass is 16.4. The fourth-order valence-electron chi connectivity index (χ4n) is 6.32. The van der Waals surface area contributed by atoms with Crippen LogP contribution in [0.3, 0.4) is 0 Å². The average molecular weight is 556 g/mol. The third-order valence-electron chi connectivity index (χ3n) is 8.35. The highest BCUT2D eigenvalue weighted by Crippen LogP contribution is 2.42. The summed E-state index contributed by atoms with van der Waals surface area (Å²) in [6, 6.07) is 40.6. The minimum atomic E-state index is 0.645. The van der Waals surface area contributed by atoms with Crippen molar-refractivity contribution in [1.82, 2.24) is 4.98 Å². The Morgan fingerprint density at radius 2 is 1.44 bits per heavy atom. The van der Waals surface area contributed by atoms with Crippen molar-refractivity contribution in [2.24, 2.45) is 0 Å². The maximum Gasteiger partial charge on any atom is 0.227 e. The molecule has 0 spiro atoms. The van der Waals surface area contributed by atoms with Gasteiger partial charge in [-0.15, -0.1) is 0 Å². The van der Waals surface area contributed by atoms with Crippen molar-refractivity contribution in [3.05, 3.63) is 133 Å². The Morgan fingerprint density at radius 1 is 0.628 bits per heavy atom. The number of nitrogens with zero attached hydrogens (tertiary/aromatic N) is 2. The monoisotopic (exact) mass is 555 g/mol. The zero-order chi connectivity index (χ0) is 28.3. The molecular formula is C38H25N3O2. The van der Waals surface area contributed by atoms with Gasteiger partial charge in [-0.25, -0.2) is 4.98 Å². The molecule has 204 valence electrons. The van der Waals surface area contributed by atoms with Gasteiger partial charge < -0.3 is 19.1 Å². The van der Waals surface area contributed by atoms with Crippen molar-refractivity contribution < 1.29 is 8.83 Å². The molecule has 43 heavy (non-hydrogen) atoms. The number of pyridine rings is 1. The third kappa shape index (κ3) is 3.82. The van der Waals surface area contributed by atoms with E-state index in [-0.39, 0.29) is 0 Å². The molecule has 0 saturated heterocycles. The van der Waals surface area contributed by atoms with Crippen molar-refractivity contribution in [1.29, 1.82) is 0 Å². The van der Waals surface area contributed by atoms with Gasteiger partial charge in [-0.1, -0.05) is 66.7 Å². The Morgan fingerprint density at radius 3 is 2.40 bits per heavy atom. The van der Waals surface area contributed by atoms with Crippen LogP contribution in [0.25, 0.3) is 61.0 Å². The van der Waals surface area contributed by atoms with E-state index < -0.39 is 0 Å². The van der Waals surface area contributed by atoms with E-state index in [9.17, 15) is 0 Å². The van der Waals surface area contributed by atoms with Gasteiger partial charge in [-0.3, -0.25) is 0 Å². The molecule has 9 rings (SSSR count). The summed E-state index contributed by atoms with van der Waals surface area (Å²) in [6.45, 7) is 0.765. The minimum absolute atomic E-state index is 0.645. The van der Waals surface area contributed by atoms with Gasteiger partial charge in [-0.2, -0.15) is 0 Å². The Bertz CT molecular complexity index is 2360. The maximum absolute atomic E-state index is 6.19. The summed E-state index contributed by atoms with van der Waals surface area (Å²) < 4.78 is 12.3. The van der Waals surface area contributed by atoms with Crippen molar-refractivity contribution in [3.8, 4) is 11.1 Å². The largest absolute Gasteiger partial charge is 0.440 e. The number of anilines is 4. The van der Waals surface area contributed by atoms with Gasteiger partial charge in [0.25, 0.3) is 0 Å². The van der Waals surface area contributed by atoms with Gasteiger partial charge in [-0.05, 0) is 76.5 Å². The summed E-state index contributed by atoms with van der Waals surface area (Å²) >= 11 is 0. The van der Waals surface area contributed by atoms with E-state index in [0.29, 0.717) is 5.71 Å². The number of furan rings is 2. The second-order valence-electron chi connectivity index (χ2n) is 10.9. The molecule has 0 unspecified atom stereocenters. The standard InChI is InChI=1S/C38H25N3O2/c1-2-8-29-24(6-1)7-3-9-30(29)25-12-14-26(15-13-25)41(27-17-19-35-34(22-27)33-11-5-21-40-38(33)42-35)28-16-18-31-32-10-4-20-39-37(32)43-36(31)23-28/h1-20,22-23,40H,21H2. The summed E-state index contributed by atoms with van der Waals surface area (Å²) in [6.07, 6.45) is 6.02. The number of aromatic nitrogens is 1.